The third-order valence-electron chi connectivity index (χ3n) is 3.80. The van der Waals surface area contributed by atoms with Crippen molar-refractivity contribution < 1.29 is 9.47 Å². The first-order chi connectivity index (χ1) is 9.35. The van der Waals surface area contributed by atoms with E-state index in [2.05, 4.69) is 68.0 Å². The fourth-order valence-electron chi connectivity index (χ4n) is 1.71. The van der Waals surface area contributed by atoms with Gasteiger partial charge in [-0.15, -0.1) is 0 Å². The second-order valence-electron chi connectivity index (χ2n) is 6.33. The fraction of sp³-hybridized carbons (Fsp3) is 0.625. The van der Waals surface area contributed by atoms with E-state index in [-0.39, 0.29) is 0 Å². The Morgan fingerprint density at radius 1 is 1.15 bits per heavy atom. The minimum Gasteiger partial charge on any atom is -0.491 e. The van der Waals surface area contributed by atoms with Gasteiger partial charge in [0.1, 0.15) is 12.4 Å². The highest BCUT2D eigenvalue weighted by Gasteiger charge is 2.23. The van der Waals surface area contributed by atoms with E-state index in [9.17, 15) is 0 Å². The molecule has 0 saturated heterocycles. The second kappa shape index (κ2) is 8.20. The van der Waals surface area contributed by atoms with E-state index in [1.54, 1.807) is 0 Å². The molecule has 0 spiro atoms. The summed E-state index contributed by atoms with van der Waals surface area (Å²) < 4.78 is 11.5. The molecule has 0 atom stereocenters. The van der Waals surface area contributed by atoms with Gasteiger partial charge in [-0.2, -0.15) is 0 Å². The summed E-state index contributed by atoms with van der Waals surface area (Å²) in [5.74, 6) is 0.931. The molecule has 0 aliphatic rings. The Balaban J connectivity index is 2.33. The number of aryl methyl sites for hydroxylation is 1. The van der Waals surface area contributed by atoms with E-state index in [0.717, 1.165) is 17.7 Å². The van der Waals surface area contributed by atoms with Crippen molar-refractivity contribution >= 4 is 24.7 Å². The van der Waals surface area contributed by atoms with Crippen molar-refractivity contribution in [2.24, 2.45) is 0 Å². The van der Waals surface area contributed by atoms with Crippen molar-refractivity contribution in [3.63, 3.8) is 0 Å². The lowest BCUT2D eigenvalue weighted by atomic mass is 10.1. The van der Waals surface area contributed by atoms with Gasteiger partial charge >= 0.3 is 0 Å². The quantitative estimate of drug-likeness (QED) is 0.385. The van der Waals surface area contributed by atoms with Crippen molar-refractivity contribution in [2.75, 3.05) is 19.8 Å². The number of hydrogen-bond acceptors (Lipinski definition) is 2. The van der Waals surface area contributed by atoms with Gasteiger partial charge in [-0.05, 0) is 35.2 Å². The van der Waals surface area contributed by atoms with Crippen molar-refractivity contribution in [3.05, 3.63) is 29.3 Å². The molecule has 4 heteroatoms. The standard InChI is InChI=1S/C16H27BrO2Si/c1-13-8-14(11-17)10-15(9-13)19-7-6-18-12-16(2,3)20(4)5/h8-10,20H,6-7,11-12H2,1-5H3. The van der Waals surface area contributed by atoms with Gasteiger partial charge in [0.15, 0.2) is 0 Å². The zero-order chi connectivity index (χ0) is 15.2. The zero-order valence-electron chi connectivity index (χ0n) is 13.3. The van der Waals surface area contributed by atoms with Crippen LogP contribution >= 0.6 is 15.9 Å². The Morgan fingerprint density at radius 3 is 2.45 bits per heavy atom. The number of hydrogen-bond donors (Lipinski definition) is 0. The highest BCUT2D eigenvalue weighted by atomic mass is 79.9. The molecule has 2 nitrogen and oxygen atoms in total. The summed E-state index contributed by atoms with van der Waals surface area (Å²) in [6, 6.07) is 6.30. The third-order valence-corrected chi connectivity index (χ3v) is 7.74. The third kappa shape index (κ3) is 5.98. The topological polar surface area (TPSA) is 18.5 Å². The number of halogens is 1. The monoisotopic (exact) mass is 358 g/mol. The molecule has 1 aromatic rings. The molecular weight excluding hydrogens is 332 g/mol. The number of rotatable bonds is 8. The SMILES string of the molecule is Cc1cc(CBr)cc(OCCOCC(C)(C)[SiH](C)C)c1. The van der Waals surface area contributed by atoms with Crippen molar-refractivity contribution in [1.29, 1.82) is 0 Å². The van der Waals surface area contributed by atoms with Crippen LogP contribution in [0.5, 0.6) is 5.75 Å². The summed E-state index contributed by atoms with van der Waals surface area (Å²) in [6.07, 6.45) is 0. The number of ether oxygens (including phenoxy) is 2. The molecule has 0 heterocycles. The van der Waals surface area contributed by atoms with Gasteiger partial charge < -0.3 is 9.47 Å². The van der Waals surface area contributed by atoms with Gasteiger partial charge in [0.25, 0.3) is 0 Å². The van der Waals surface area contributed by atoms with Gasteiger partial charge in [0.2, 0.25) is 0 Å². The average Bonchev–Trinajstić information content (AvgIpc) is 2.37. The Labute approximate surface area is 133 Å². The lowest BCUT2D eigenvalue weighted by Gasteiger charge is -2.27. The second-order valence-corrected chi connectivity index (χ2v) is 10.8. The van der Waals surface area contributed by atoms with Crippen LogP contribution < -0.4 is 4.74 Å². The van der Waals surface area contributed by atoms with Crippen molar-refractivity contribution in [3.8, 4) is 5.75 Å². The largest absolute Gasteiger partial charge is 0.491 e. The Kier molecular flexibility index (Phi) is 7.27. The van der Waals surface area contributed by atoms with Crippen LogP contribution in [0.25, 0.3) is 0 Å². The van der Waals surface area contributed by atoms with E-state index >= 15 is 0 Å². The molecule has 20 heavy (non-hydrogen) atoms. The number of alkyl halides is 1. The lowest BCUT2D eigenvalue weighted by Crippen LogP contribution is -2.27. The molecule has 0 fully saturated rings. The van der Waals surface area contributed by atoms with E-state index in [1.165, 1.54) is 11.1 Å². The van der Waals surface area contributed by atoms with Gasteiger partial charge in [-0.3, -0.25) is 0 Å². The molecular formula is C16H27BrO2Si. The first kappa shape index (κ1) is 17.7. The van der Waals surface area contributed by atoms with Gasteiger partial charge in [-0.25, -0.2) is 0 Å². The van der Waals surface area contributed by atoms with Gasteiger partial charge in [0, 0.05) is 20.7 Å². The normalized spacial score (nSPS) is 11.9. The maximum absolute atomic E-state index is 5.77. The molecule has 1 rings (SSSR count). The predicted molar refractivity (Wildman–Crippen MR) is 93.0 cm³/mol. The maximum Gasteiger partial charge on any atom is 0.119 e. The molecule has 0 radical (unpaired) electrons. The van der Waals surface area contributed by atoms with Crippen LogP contribution in [-0.2, 0) is 10.1 Å². The summed E-state index contributed by atoms with van der Waals surface area (Å²) in [5.41, 5.74) is 2.47. The highest BCUT2D eigenvalue weighted by molar-refractivity contribution is 9.08. The minimum absolute atomic E-state index is 0.354. The highest BCUT2D eigenvalue weighted by Crippen LogP contribution is 2.28. The van der Waals surface area contributed by atoms with Gasteiger partial charge in [-0.1, -0.05) is 48.9 Å². The van der Waals surface area contributed by atoms with E-state index < -0.39 is 8.80 Å². The zero-order valence-corrected chi connectivity index (χ0v) is 16.1. The first-order valence-electron chi connectivity index (χ1n) is 7.22. The Morgan fingerprint density at radius 2 is 1.85 bits per heavy atom. The summed E-state index contributed by atoms with van der Waals surface area (Å²) >= 11 is 3.48. The molecule has 1 aromatic carbocycles. The fourth-order valence-corrected chi connectivity index (χ4v) is 2.48. The van der Waals surface area contributed by atoms with E-state index in [0.29, 0.717) is 18.3 Å². The molecule has 0 saturated carbocycles. The van der Waals surface area contributed by atoms with Crippen molar-refractivity contribution in [1.82, 2.24) is 0 Å². The summed E-state index contributed by atoms with van der Waals surface area (Å²) in [6.45, 7) is 13.5. The molecule has 114 valence electrons. The summed E-state index contributed by atoms with van der Waals surface area (Å²) in [4.78, 5) is 0. The van der Waals surface area contributed by atoms with Crippen LogP contribution in [0, 0.1) is 6.92 Å². The van der Waals surface area contributed by atoms with Crippen LogP contribution in [0.1, 0.15) is 25.0 Å². The maximum atomic E-state index is 5.77. The Bertz CT molecular complexity index is 419. The minimum atomic E-state index is -0.680. The van der Waals surface area contributed by atoms with Gasteiger partial charge in [0.05, 0.1) is 6.61 Å². The molecule has 0 unspecified atom stereocenters. The Hall–Kier alpha value is -0.323. The lowest BCUT2D eigenvalue weighted by molar-refractivity contribution is 0.0847. The van der Waals surface area contributed by atoms with E-state index in [4.69, 9.17) is 9.47 Å². The smallest absolute Gasteiger partial charge is 0.119 e. The molecule has 0 amide bonds. The number of benzene rings is 1. The van der Waals surface area contributed by atoms with Crippen LogP contribution in [0.2, 0.25) is 18.1 Å². The first-order valence-corrected chi connectivity index (χ1v) is 11.2. The molecule has 0 bridgehead atoms. The van der Waals surface area contributed by atoms with Crippen LogP contribution in [0.3, 0.4) is 0 Å². The van der Waals surface area contributed by atoms with Crippen LogP contribution in [0.15, 0.2) is 18.2 Å². The van der Waals surface area contributed by atoms with Crippen molar-refractivity contribution in [2.45, 2.75) is 44.2 Å². The molecule has 0 aromatic heterocycles. The molecule has 0 N–H and O–H groups in total. The van der Waals surface area contributed by atoms with Crippen LogP contribution in [-0.4, -0.2) is 28.6 Å². The van der Waals surface area contributed by atoms with Crippen LogP contribution in [0.4, 0.5) is 0 Å². The average molecular weight is 359 g/mol. The van der Waals surface area contributed by atoms with E-state index in [1.807, 2.05) is 0 Å². The predicted octanol–water partition coefficient (Wildman–Crippen LogP) is 4.55. The molecule has 0 aliphatic heterocycles. The molecule has 0 aliphatic carbocycles. The summed E-state index contributed by atoms with van der Waals surface area (Å²) in [5, 5.41) is 1.21. The summed E-state index contributed by atoms with van der Waals surface area (Å²) in [7, 11) is -0.680.